The molecule has 0 aliphatic carbocycles. The Morgan fingerprint density at radius 2 is 0.540 bits per heavy atom. The van der Waals surface area contributed by atoms with Crippen molar-refractivity contribution < 1.29 is 80.2 Å². The summed E-state index contributed by atoms with van der Waals surface area (Å²) in [6.45, 7) is 4.53. The fraction of sp³-hybridized carbons (Fsp3) is 0.704. The molecule has 0 aliphatic rings. The van der Waals surface area contributed by atoms with E-state index in [1.807, 2.05) is 18.2 Å². The molecule has 17 nitrogen and oxygen atoms in total. The fourth-order valence-corrected chi connectivity index (χ4v) is 11.7. The summed E-state index contributed by atoms with van der Waals surface area (Å²) in [4.78, 5) is 72.8. The summed E-state index contributed by atoms with van der Waals surface area (Å²) in [7, 11) is -9.98. The molecule has 0 fully saturated rings. The first kappa shape index (κ1) is 95.5. The molecule has 0 aromatic carbocycles. The highest BCUT2D eigenvalue weighted by Gasteiger charge is 2.30. The summed E-state index contributed by atoms with van der Waals surface area (Å²) in [5.74, 6) is -2.31. The Hall–Kier alpha value is -4.54. The average Bonchev–Trinajstić information content (AvgIpc) is 0.946. The van der Waals surface area contributed by atoms with Crippen LogP contribution in [0.4, 0.5) is 0 Å². The maximum Gasteiger partial charge on any atom is 0.472 e. The summed E-state index contributed by atoms with van der Waals surface area (Å²) in [5.41, 5.74) is 0. The van der Waals surface area contributed by atoms with Crippen molar-refractivity contribution in [2.24, 2.45) is 0 Å². The van der Waals surface area contributed by atoms with Crippen LogP contribution in [-0.2, 0) is 65.4 Å². The Bertz CT molecular complexity index is 2370. The van der Waals surface area contributed by atoms with Gasteiger partial charge in [-0.2, -0.15) is 0 Å². The van der Waals surface area contributed by atoms with Crippen LogP contribution in [0.1, 0.15) is 310 Å². The van der Waals surface area contributed by atoms with Gasteiger partial charge in [0.2, 0.25) is 0 Å². The summed E-state index contributed by atoms with van der Waals surface area (Å²) in [5, 5.41) is 10.6. The topological polar surface area (TPSA) is 237 Å². The number of carbonyl (C=O) groups is 4. The lowest BCUT2D eigenvalue weighted by molar-refractivity contribution is -0.161. The number of esters is 4. The van der Waals surface area contributed by atoms with Crippen LogP contribution in [0, 0.1) is 0 Å². The second kappa shape index (κ2) is 72.8. The predicted octanol–water partition coefficient (Wildman–Crippen LogP) is 22.3. The molecule has 0 saturated heterocycles. The smallest absolute Gasteiger partial charge is 0.462 e. The number of rotatable bonds is 72. The highest BCUT2D eigenvalue weighted by atomic mass is 31.2. The first-order chi connectivity index (χ1) is 48.7. The lowest BCUT2D eigenvalue weighted by Gasteiger charge is -2.21. The van der Waals surface area contributed by atoms with Crippen molar-refractivity contribution in [1.29, 1.82) is 0 Å². The molecule has 574 valence electrons. The van der Waals surface area contributed by atoms with E-state index in [1.54, 1.807) is 0 Å². The van der Waals surface area contributed by atoms with Crippen molar-refractivity contribution in [1.82, 2.24) is 0 Å². The van der Waals surface area contributed by atoms with Crippen LogP contribution in [0.3, 0.4) is 0 Å². The number of ether oxygens (including phenoxy) is 4. The van der Waals surface area contributed by atoms with Crippen molar-refractivity contribution >= 4 is 39.5 Å². The lowest BCUT2D eigenvalue weighted by Crippen LogP contribution is -2.30. The number of phosphoric ester groups is 2. The van der Waals surface area contributed by atoms with Gasteiger partial charge in [0.15, 0.2) is 12.2 Å². The number of phosphoric acid groups is 2. The molecule has 0 heterocycles. The van der Waals surface area contributed by atoms with Gasteiger partial charge in [-0.15, -0.1) is 0 Å². The number of hydrogen-bond acceptors (Lipinski definition) is 15. The van der Waals surface area contributed by atoms with E-state index in [9.17, 15) is 43.2 Å². The molecule has 0 bridgehead atoms. The average molecular weight is 1450 g/mol. The number of hydrogen-bond donors (Lipinski definition) is 3. The molecule has 5 unspecified atom stereocenters. The number of unbranched alkanes of at least 4 members (excludes halogenated alkanes) is 26. The van der Waals surface area contributed by atoms with Crippen LogP contribution in [-0.4, -0.2) is 96.7 Å². The van der Waals surface area contributed by atoms with Crippen LogP contribution in [0.15, 0.2) is 122 Å². The van der Waals surface area contributed by atoms with Gasteiger partial charge in [-0.05, 0) is 103 Å². The predicted molar refractivity (Wildman–Crippen MR) is 408 cm³/mol. The third kappa shape index (κ3) is 71.8. The van der Waals surface area contributed by atoms with Crippen molar-refractivity contribution in [2.75, 3.05) is 39.6 Å². The Morgan fingerprint density at radius 3 is 0.860 bits per heavy atom. The maximum atomic E-state index is 13.1. The first-order valence-electron chi connectivity index (χ1n) is 38.8. The van der Waals surface area contributed by atoms with E-state index in [1.165, 1.54) is 109 Å². The quantitative estimate of drug-likeness (QED) is 0.0169. The normalized spacial score (nSPS) is 14.6. The summed E-state index contributed by atoms with van der Waals surface area (Å²) in [6, 6.07) is 0. The molecule has 0 radical (unpaired) electrons. The first-order valence-corrected chi connectivity index (χ1v) is 41.8. The molecule has 0 aromatic heterocycles. The summed E-state index contributed by atoms with van der Waals surface area (Å²) >= 11 is 0. The molecule has 0 saturated carbocycles. The SMILES string of the molecule is CC/C=C\C/C=C\C/C=C\C/C=C\C/C=C\C/C=C\CCC(=O)OCC(COP(=O)(O)OCC(O)COP(=O)(O)OCC(COC(=O)CCCCCCCCCCCCCCC)OC(=O)CCCCCCCCCCCCCCC)OC(=O)CCCC/C=C\C/C=C\C/C=C\C/C=C\CC. The summed E-state index contributed by atoms with van der Waals surface area (Å²) < 4.78 is 68.4. The third-order valence-electron chi connectivity index (χ3n) is 16.0. The Labute approximate surface area is 606 Å². The molecule has 0 spiro atoms. The van der Waals surface area contributed by atoms with Gasteiger partial charge in [-0.25, -0.2) is 9.13 Å². The number of aliphatic hydroxyl groups excluding tert-OH is 1. The number of aliphatic hydroxyl groups is 1. The van der Waals surface area contributed by atoms with Crippen LogP contribution < -0.4 is 0 Å². The monoisotopic (exact) mass is 1440 g/mol. The van der Waals surface area contributed by atoms with E-state index in [-0.39, 0.29) is 25.7 Å². The Morgan fingerprint density at radius 1 is 0.290 bits per heavy atom. The zero-order chi connectivity index (χ0) is 73.2. The van der Waals surface area contributed by atoms with E-state index >= 15 is 0 Å². The van der Waals surface area contributed by atoms with Gasteiger partial charge in [-0.3, -0.25) is 37.3 Å². The van der Waals surface area contributed by atoms with Gasteiger partial charge in [0.25, 0.3) is 0 Å². The van der Waals surface area contributed by atoms with E-state index in [0.717, 1.165) is 109 Å². The van der Waals surface area contributed by atoms with Crippen LogP contribution in [0.5, 0.6) is 0 Å². The molecular formula is C81H138O17P2. The van der Waals surface area contributed by atoms with Crippen molar-refractivity contribution in [3.05, 3.63) is 122 Å². The van der Waals surface area contributed by atoms with E-state index in [2.05, 4.69) is 131 Å². The molecule has 3 N–H and O–H groups in total. The van der Waals surface area contributed by atoms with Crippen LogP contribution >= 0.6 is 15.6 Å². The second-order valence-electron chi connectivity index (χ2n) is 25.5. The minimum atomic E-state index is -5.00. The number of carbonyl (C=O) groups excluding carboxylic acids is 4. The molecule has 0 aromatic rings. The molecule has 0 rings (SSSR count). The maximum absolute atomic E-state index is 13.1. The minimum absolute atomic E-state index is 0.0247. The molecule has 0 aliphatic heterocycles. The largest absolute Gasteiger partial charge is 0.472 e. The zero-order valence-electron chi connectivity index (χ0n) is 62.6. The number of allylic oxidation sites excluding steroid dienone is 20. The van der Waals surface area contributed by atoms with Gasteiger partial charge in [-0.1, -0.05) is 303 Å². The molecule has 19 heteroatoms. The van der Waals surface area contributed by atoms with Crippen LogP contribution in [0.2, 0.25) is 0 Å². The summed E-state index contributed by atoms with van der Waals surface area (Å²) in [6.07, 6.45) is 79.2. The second-order valence-corrected chi connectivity index (χ2v) is 28.5. The lowest BCUT2D eigenvalue weighted by atomic mass is 10.0. The van der Waals surface area contributed by atoms with Gasteiger partial charge in [0, 0.05) is 25.7 Å². The minimum Gasteiger partial charge on any atom is -0.462 e. The van der Waals surface area contributed by atoms with E-state index in [0.29, 0.717) is 38.5 Å². The van der Waals surface area contributed by atoms with Crippen LogP contribution in [0.25, 0.3) is 0 Å². The van der Waals surface area contributed by atoms with Gasteiger partial charge in [0.05, 0.1) is 26.4 Å². The molecular weight excluding hydrogens is 1310 g/mol. The molecule has 100 heavy (non-hydrogen) atoms. The van der Waals surface area contributed by atoms with E-state index < -0.39 is 97.5 Å². The Balaban J connectivity index is 5.43. The van der Waals surface area contributed by atoms with E-state index in [4.69, 9.17) is 37.0 Å². The zero-order valence-corrected chi connectivity index (χ0v) is 64.4. The Kier molecular flexibility index (Phi) is 69.5. The van der Waals surface area contributed by atoms with Gasteiger partial charge < -0.3 is 33.8 Å². The van der Waals surface area contributed by atoms with Gasteiger partial charge in [0.1, 0.15) is 19.3 Å². The third-order valence-corrected chi connectivity index (χ3v) is 17.9. The van der Waals surface area contributed by atoms with Crippen molar-refractivity contribution in [3.8, 4) is 0 Å². The molecule has 5 atom stereocenters. The standard InChI is InChI=1S/C81H138O17P2/c1-5-9-13-17-21-25-29-33-35-36-37-38-40-43-46-50-54-58-62-66-79(84)92-72-77(98-81(86)68-64-60-56-52-48-44-39-34-30-26-22-18-14-10-6-2)74-96-100(89,90)94-70-75(82)69-93-99(87,88)95-73-76(97-80(85)67-63-59-55-51-47-42-32-28-24-20-16-12-8-4)71-91-78(83)65-61-57-53-49-45-41-31-27-23-19-15-11-7-3/h9-10,13-14,21-22,25-26,33-35,37-39,43,46,48,52,54,58,75-77,82H,5-8,11-12,15-20,23-24,27-32,36,40-42,44-45,47,49-51,53,55-57,59-74H2,1-4H3,(H,87,88)(H,89,90)/b13-9-,14-10-,25-21-,26-22-,35-33-,38-37-,39-34-,46-43-,52-48-,58-54-. The van der Waals surface area contributed by atoms with Crippen molar-refractivity contribution in [3.63, 3.8) is 0 Å². The molecule has 0 amide bonds. The van der Waals surface area contributed by atoms with Gasteiger partial charge >= 0.3 is 39.5 Å². The van der Waals surface area contributed by atoms with Crippen molar-refractivity contribution in [2.45, 2.75) is 329 Å². The highest BCUT2D eigenvalue weighted by molar-refractivity contribution is 7.47. The highest BCUT2D eigenvalue weighted by Crippen LogP contribution is 2.45. The fourth-order valence-electron chi connectivity index (χ4n) is 10.1.